The number of nitrogens with zero attached hydrogens (tertiary/aromatic N) is 2. The van der Waals surface area contributed by atoms with Gasteiger partial charge >= 0.3 is 0 Å². The Morgan fingerprint density at radius 3 is 3.00 bits per heavy atom. The average molecular weight is 311 g/mol. The topological polar surface area (TPSA) is 128 Å². The Hall–Kier alpha value is -3.21. The number of aromatic nitrogens is 2. The van der Waals surface area contributed by atoms with Gasteiger partial charge in [0.15, 0.2) is 0 Å². The second-order valence-electron chi connectivity index (χ2n) is 5.26. The zero-order chi connectivity index (χ0) is 16.4. The number of carbonyl (C=O) groups is 3. The molecule has 1 aliphatic rings. The number of para-hydroxylation sites is 1. The minimum Gasteiger partial charge on any atom is -0.344 e. The summed E-state index contributed by atoms with van der Waals surface area (Å²) in [6.07, 6.45) is 0.531. The molecular formula is C15H13N5O3. The Morgan fingerprint density at radius 2 is 2.26 bits per heavy atom. The third-order valence-corrected chi connectivity index (χ3v) is 3.63. The quantitative estimate of drug-likeness (QED) is 0.682. The molecule has 2 aromatic rings. The monoisotopic (exact) mass is 311 g/mol. The van der Waals surface area contributed by atoms with E-state index >= 15 is 0 Å². The van der Waals surface area contributed by atoms with E-state index in [9.17, 15) is 14.4 Å². The molecule has 1 fully saturated rings. The first-order valence-electron chi connectivity index (χ1n) is 7.07. The number of piperidine rings is 1. The number of fused-ring (bicyclic) bond motifs is 1. The summed E-state index contributed by atoms with van der Waals surface area (Å²) in [7, 11) is 0. The fourth-order valence-corrected chi connectivity index (χ4v) is 2.54. The predicted octanol–water partition coefficient (Wildman–Crippen LogP) is -0.102. The van der Waals surface area contributed by atoms with Crippen molar-refractivity contribution in [3.63, 3.8) is 0 Å². The van der Waals surface area contributed by atoms with E-state index in [1.54, 1.807) is 18.2 Å². The number of nitrogens with one attached hydrogen (secondary N) is 3. The molecule has 3 rings (SSSR count). The van der Waals surface area contributed by atoms with E-state index in [0.717, 1.165) is 0 Å². The van der Waals surface area contributed by atoms with Gasteiger partial charge in [0.05, 0.1) is 17.5 Å². The molecule has 1 aromatic carbocycles. The Morgan fingerprint density at radius 1 is 1.43 bits per heavy atom. The third kappa shape index (κ3) is 3.03. The van der Waals surface area contributed by atoms with Gasteiger partial charge in [-0.3, -0.25) is 19.7 Å². The highest BCUT2D eigenvalue weighted by atomic mass is 16.2. The van der Waals surface area contributed by atoms with E-state index in [1.807, 2.05) is 6.07 Å². The van der Waals surface area contributed by atoms with Crippen LogP contribution in [0.15, 0.2) is 18.2 Å². The van der Waals surface area contributed by atoms with Gasteiger partial charge in [-0.2, -0.15) is 5.26 Å². The Kier molecular flexibility index (Phi) is 3.76. The van der Waals surface area contributed by atoms with Crippen LogP contribution < -0.4 is 10.6 Å². The normalized spacial score (nSPS) is 17.6. The maximum atomic E-state index is 12.1. The number of amides is 3. The van der Waals surface area contributed by atoms with Crippen molar-refractivity contribution in [3.05, 3.63) is 29.6 Å². The zero-order valence-corrected chi connectivity index (χ0v) is 12.0. The molecule has 0 spiro atoms. The molecule has 2 heterocycles. The molecule has 1 saturated heterocycles. The van der Waals surface area contributed by atoms with Crippen LogP contribution in [0, 0.1) is 11.3 Å². The lowest BCUT2D eigenvalue weighted by molar-refractivity contribution is -0.137. The number of aromatic amines is 1. The highest BCUT2D eigenvalue weighted by molar-refractivity contribution is 6.01. The van der Waals surface area contributed by atoms with E-state index in [-0.39, 0.29) is 30.5 Å². The van der Waals surface area contributed by atoms with E-state index in [0.29, 0.717) is 23.0 Å². The van der Waals surface area contributed by atoms with Gasteiger partial charge in [-0.1, -0.05) is 12.1 Å². The largest absolute Gasteiger partial charge is 0.344 e. The summed E-state index contributed by atoms with van der Waals surface area (Å²) in [5.74, 6) is -0.975. The average Bonchev–Trinajstić information content (AvgIpc) is 2.94. The predicted molar refractivity (Wildman–Crippen MR) is 78.8 cm³/mol. The number of nitriles is 1. The lowest BCUT2D eigenvalue weighted by Crippen LogP contribution is -2.52. The Balaban J connectivity index is 1.73. The first kappa shape index (κ1) is 14.7. The number of imidazole rings is 1. The van der Waals surface area contributed by atoms with E-state index in [2.05, 4.69) is 20.6 Å². The van der Waals surface area contributed by atoms with Crippen LogP contribution in [0.5, 0.6) is 0 Å². The molecule has 3 amide bonds. The lowest BCUT2D eigenvalue weighted by Gasteiger charge is -2.21. The van der Waals surface area contributed by atoms with E-state index < -0.39 is 11.9 Å². The molecule has 0 radical (unpaired) electrons. The van der Waals surface area contributed by atoms with Crippen molar-refractivity contribution < 1.29 is 14.4 Å². The summed E-state index contributed by atoms with van der Waals surface area (Å²) in [6, 6.07) is 6.49. The molecule has 1 aromatic heterocycles. The van der Waals surface area contributed by atoms with Crippen molar-refractivity contribution in [2.75, 3.05) is 0 Å². The fourth-order valence-electron chi connectivity index (χ4n) is 2.54. The molecule has 1 unspecified atom stereocenters. The van der Waals surface area contributed by atoms with Crippen molar-refractivity contribution in [2.45, 2.75) is 25.3 Å². The minimum atomic E-state index is -0.701. The minimum absolute atomic E-state index is 0.0325. The Bertz CT molecular complexity index is 848. The molecular weight excluding hydrogens is 298 g/mol. The van der Waals surface area contributed by atoms with Crippen molar-refractivity contribution >= 4 is 28.8 Å². The SMILES string of the molecule is N#Cc1nc2c(CC(=O)NC3CCC(=O)NC3=O)cccc2[nH]1. The van der Waals surface area contributed by atoms with Crippen LogP contribution in [0.3, 0.4) is 0 Å². The second-order valence-corrected chi connectivity index (χ2v) is 5.26. The molecule has 8 heteroatoms. The molecule has 23 heavy (non-hydrogen) atoms. The number of imide groups is 1. The van der Waals surface area contributed by atoms with Crippen molar-refractivity contribution in [2.24, 2.45) is 0 Å². The van der Waals surface area contributed by atoms with Gasteiger partial charge in [-0.25, -0.2) is 4.98 Å². The van der Waals surface area contributed by atoms with Crippen LogP contribution in [-0.2, 0) is 20.8 Å². The number of carbonyl (C=O) groups excluding carboxylic acids is 3. The van der Waals surface area contributed by atoms with Gasteiger partial charge in [-0.05, 0) is 18.1 Å². The number of benzene rings is 1. The molecule has 1 atom stereocenters. The van der Waals surface area contributed by atoms with Crippen molar-refractivity contribution in [3.8, 4) is 6.07 Å². The standard InChI is InChI=1S/C15H13N5O3/c16-7-11-17-9-3-1-2-8(14(9)19-11)6-13(22)18-10-4-5-12(21)20-15(10)23/h1-3,10H,4-6H2,(H,17,19)(H,18,22)(H,20,21,23). The number of H-pyrrole nitrogens is 1. The maximum Gasteiger partial charge on any atom is 0.249 e. The van der Waals surface area contributed by atoms with Crippen molar-refractivity contribution in [1.82, 2.24) is 20.6 Å². The molecule has 0 bridgehead atoms. The lowest BCUT2D eigenvalue weighted by atomic mass is 10.0. The summed E-state index contributed by atoms with van der Waals surface area (Å²) in [4.78, 5) is 41.9. The van der Waals surface area contributed by atoms with Crippen LogP contribution in [-0.4, -0.2) is 33.7 Å². The molecule has 0 saturated carbocycles. The summed E-state index contributed by atoms with van der Waals surface area (Å²) in [6.45, 7) is 0. The summed E-state index contributed by atoms with van der Waals surface area (Å²) < 4.78 is 0. The first-order chi connectivity index (χ1) is 11.1. The number of hydrogen-bond donors (Lipinski definition) is 3. The van der Waals surface area contributed by atoms with Crippen molar-refractivity contribution in [1.29, 1.82) is 5.26 Å². The fraction of sp³-hybridized carbons (Fsp3) is 0.267. The van der Waals surface area contributed by atoms with E-state index in [1.165, 1.54) is 0 Å². The highest BCUT2D eigenvalue weighted by Gasteiger charge is 2.27. The van der Waals surface area contributed by atoms with Crippen LogP contribution >= 0.6 is 0 Å². The second kappa shape index (κ2) is 5.88. The van der Waals surface area contributed by atoms with Gasteiger partial charge in [0.1, 0.15) is 12.1 Å². The smallest absolute Gasteiger partial charge is 0.249 e. The molecule has 3 N–H and O–H groups in total. The van der Waals surface area contributed by atoms with Crippen LogP contribution in [0.2, 0.25) is 0 Å². The number of hydrogen-bond acceptors (Lipinski definition) is 5. The third-order valence-electron chi connectivity index (χ3n) is 3.63. The van der Waals surface area contributed by atoms with Crippen LogP contribution in [0.25, 0.3) is 11.0 Å². The summed E-state index contributed by atoms with van der Waals surface area (Å²) >= 11 is 0. The highest BCUT2D eigenvalue weighted by Crippen LogP contribution is 2.17. The molecule has 1 aliphatic heterocycles. The summed E-state index contributed by atoms with van der Waals surface area (Å²) in [5.41, 5.74) is 1.89. The van der Waals surface area contributed by atoms with Gasteiger partial charge < -0.3 is 10.3 Å². The summed E-state index contributed by atoms with van der Waals surface area (Å²) in [5, 5.41) is 13.7. The first-order valence-corrected chi connectivity index (χ1v) is 7.07. The van der Waals surface area contributed by atoms with Gasteiger partial charge in [0.2, 0.25) is 23.5 Å². The molecule has 116 valence electrons. The Labute approximate surface area is 130 Å². The van der Waals surface area contributed by atoms with Gasteiger partial charge in [-0.15, -0.1) is 0 Å². The molecule has 0 aliphatic carbocycles. The van der Waals surface area contributed by atoms with Gasteiger partial charge in [0, 0.05) is 6.42 Å². The van der Waals surface area contributed by atoms with E-state index in [4.69, 9.17) is 5.26 Å². The van der Waals surface area contributed by atoms with Gasteiger partial charge in [0.25, 0.3) is 0 Å². The maximum absolute atomic E-state index is 12.1. The van der Waals surface area contributed by atoms with Crippen LogP contribution in [0.4, 0.5) is 0 Å². The molecule has 8 nitrogen and oxygen atoms in total. The zero-order valence-electron chi connectivity index (χ0n) is 12.0. The van der Waals surface area contributed by atoms with Crippen LogP contribution in [0.1, 0.15) is 24.2 Å². The number of rotatable bonds is 3.